The number of nitrogens with one attached hydrogen (secondary N) is 1. The monoisotopic (exact) mass is 290 g/mol. The van der Waals surface area contributed by atoms with Gasteiger partial charge in [0, 0.05) is 12.6 Å². The van der Waals surface area contributed by atoms with Gasteiger partial charge in [0.1, 0.15) is 6.54 Å². The van der Waals surface area contributed by atoms with E-state index in [-0.39, 0.29) is 18.6 Å². The number of nitrogens with zero attached hydrogens (tertiary/aromatic N) is 1. The number of amides is 2. The molecule has 0 atom stereocenters. The molecule has 21 heavy (non-hydrogen) atoms. The van der Waals surface area contributed by atoms with E-state index in [1.165, 1.54) is 4.90 Å². The molecule has 1 aromatic carbocycles. The Bertz CT molecular complexity index is 470. The number of benzene rings is 1. The first kappa shape index (κ1) is 15.4. The van der Waals surface area contributed by atoms with Crippen molar-refractivity contribution in [1.29, 1.82) is 0 Å². The Balaban J connectivity index is 1.84. The van der Waals surface area contributed by atoms with Crippen LogP contribution >= 0.6 is 0 Å². The second-order valence-corrected chi connectivity index (χ2v) is 5.43. The second-order valence-electron chi connectivity index (χ2n) is 5.43. The van der Waals surface area contributed by atoms with Gasteiger partial charge in [-0.15, -0.1) is 0 Å². The third-order valence-electron chi connectivity index (χ3n) is 3.86. The zero-order valence-electron chi connectivity index (χ0n) is 12.1. The van der Waals surface area contributed by atoms with Crippen molar-refractivity contribution in [2.24, 2.45) is 0 Å². The molecule has 0 bridgehead atoms. The van der Waals surface area contributed by atoms with Crippen LogP contribution < -0.4 is 5.32 Å². The van der Waals surface area contributed by atoms with Gasteiger partial charge in [-0.1, -0.05) is 43.2 Å². The van der Waals surface area contributed by atoms with Crippen LogP contribution in [0.3, 0.4) is 0 Å². The first-order chi connectivity index (χ1) is 10.2. The number of urea groups is 1. The number of carboxylic acid groups (broad SMARTS) is 1. The van der Waals surface area contributed by atoms with Gasteiger partial charge in [0.2, 0.25) is 0 Å². The van der Waals surface area contributed by atoms with Crippen molar-refractivity contribution < 1.29 is 14.7 Å². The van der Waals surface area contributed by atoms with E-state index in [4.69, 9.17) is 5.11 Å². The zero-order valence-corrected chi connectivity index (χ0v) is 12.1. The molecule has 0 aliphatic heterocycles. The Morgan fingerprint density at radius 1 is 1.19 bits per heavy atom. The lowest BCUT2D eigenvalue weighted by Gasteiger charge is -2.27. The Hall–Kier alpha value is -2.04. The summed E-state index contributed by atoms with van der Waals surface area (Å²) in [6.07, 6.45) is 4.69. The van der Waals surface area contributed by atoms with Crippen molar-refractivity contribution in [3.05, 3.63) is 35.9 Å². The maximum atomic E-state index is 12.2. The molecule has 5 heteroatoms. The van der Waals surface area contributed by atoms with E-state index >= 15 is 0 Å². The maximum Gasteiger partial charge on any atom is 0.323 e. The molecule has 0 unspecified atom stereocenters. The summed E-state index contributed by atoms with van der Waals surface area (Å²) in [6, 6.07) is 9.71. The standard InChI is InChI=1S/C16H22N2O3/c19-15(20)12-18(14-8-4-5-9-14)16(21)17-11-10-13-6-2-1-3-7-13/h1-3,6-7,14H,4-5,8-12H2,(H,17,21)(H,19,20). The predicted molar refractivity (Wildman–Crippen MR) is 80.1 cm³/mol. The summed E-state index contributed by atoms with van der Waals surface area (Å²) in [5, 5.41) is 11.8. The molecule has 1 aliphatic carbocycles. The molecule has 1 aliphatic rings. The number of hydrogen-bond acceptors (Lipinski definition) is 2. The van der Waals surface area contributed by atoms with Crippen LogP contribution in [0, 0.1) is 0 Å². The number of rotatable bonds is 6. The van der Waals surface area contributed by atoms with Gasteiger partial charge in [0.25, 0.3) is 0 Å². The Kier molecular flexibility index (Phi) is 5.60. The van der Waals surface area contributed by atoms with Crippen molar-refractivity contribution in [1.82, 2.24) is 10.2 Å². The van der Waals surface area contributed by atoms with Crippen LogP contribution in [-0.2, 0) is 11.2 Å². The van der Waals surface area contributed by atoms with E-state index in [1.54, 1.807) is 0 Å². The molecule has 0 aromatic heterocycles. The molecule has 2 amide bonds. The van der Waals surface area contributed by atoms with Gasteiger partial charge in [-0.3, -0.25) is 4.79 Å². The molecule has 0 saturated heterocycles. The molecule has 1 saturated carbocycles. The van der Waals surface area contributed by atoms with E-state index in [2.05, 4.69) is 5.32 Å². The summed E-state index contributed by atoms with van der Waals surface area (Å²) in [7, 11) is 0. The zero-order chi connectivity index (χ0) is 15.1. The summed E-state index contributed by atoms with van der Waals surface area (Å²) in [6.45, 7) is 0.299. The van der Waals surface area contributed by atoms with E-state index in [9.17, 15) is 9.59 Å². The first-order valence-corrected chi connectivity index (χ1v) is 7.47. The van der Waals surface area contributed by atoms with Crippen LogP contribution in [0.4, 0.5) is 4.79 Å². The van der Waals surface area contributed by atoms with Crippen LogP contribution in [0.25, 0.3) is 0 Å². The van der Waals surface area contributed by atoms with Crippen LogP contribution in [0.2, 0.25) is 0 Å². The highest BCUT2D eigenvalue weighted by atomic mass is 16.4. The Morgan fingerprint density at radius 2 is 1.86 bits per heavy atom. The SMILES string of the molecule is O=C(O)CN(C(=O)NCCc1ccccc1)C1CCCC1. The topological polar surface area (TPSA) is 69.6 Å². The van der Waals surface area contributed by atoms with E-state index < -0.39 is 5.97 Å². The van der Waals surface area contributed by atoms with Crippen molar-refractivity contribution in [2.75, 3.05) is 13.1 Å². The maximum absolute atomic E-state index is 12.2. The molecule has 1 aromatic rings. The quantitative estimate of drug-likeness (QED) is 0.844. The van der Waals surface area contributed by atoms with E-state index in [1.807, 2.05) is 30.3 Å². The normalized spacial score (nSPS) is 14.9. The van der Waals surface area contributed by atoms with Gasteiger partial charge in [-0.2, -0.15) is 0 Å². The van der Waals surface area contributed by atoms with Crippen molar-refractivity contribution in [3.8, 4) is 0 Å². The van der Waals surface area contributed by atoms with E-state index in [0.29, 0.717) is 6.54 Å². The van der Waals surface area contributed by atoms with Gasteiger partial charge in [0.05, 0.1) is 0 Å². The highest BCUT2D eigenvalue weighted by molar-refractivity contribution is 5.80. The molecule has 114 valence electrons. The number of hydrogen-bond donors (Lipinski definition) is 2. The highest BCUT2D eigenvalue weighted by Gasteiger charge is 2.28. The summed E-state index contributed by atoms with van der Waals surface area (Å²) in [5.74, 6) is -0.958. The molecule has 0 heterocycles. The molecule has 2 N–H and O–H groups in total. The van der Waals surface area contributed by atoms with Crippen LogP contribution in [0.15, 0.2) is 30.3 Å². The smallest absolute Gasteiger partial charge is 0.323 e. The van der Waals surface area contributed by atoms with Crippen molar-refractivity contribution >= 4 is 12.0 Å². The lowest BCUT2D eigenvalue weighted by molar-refractivity contribution is -0.138. The fourth-order valence-corrected chi connectivity index (χ4v) is 2.79. The third-order valence-corrected chi connectivity index (χ3v) is 3.86. The summed E-state index contributed by atoms with van der Waals surface area (Å²) in [4.78, 5) is 24.6. The fraction of sp³-hybridized carbons (Fsp3) is 0.500. The van der Waals surface area contributed by atoms with Crippen molar-refractivity contribution in [2.45, 2.75) is 38.1 Å². The van der Waals surface area contributed by atoms with Crippen molar-refractivity contribution in [3.63, 3.8) is 0 Å². The Labute approximate surface area is 125 Å². The molecule has 0 radical (unpaired) electrons. The first-order valence-electron chi connectivity index (χ1n) is 7.47. The van der Waals surface area contributed by atoms with Crippen LogP contribution in [0.1, 0.15) is 31.2 Å². The highest BCUT2D eigenvalue weighted by Crippen LogP contribution is 2.23. The minimum atomic E-state index is -0.958. The lowest BCUT2D eigenvalue weighted by atomic mass is 10.1. The Morgan fingerprint density at radius 3 is 2.48 bits per heavy atom. The van der Waals surface area contributed by atoms with Gasteiger partial charge in [-0.25, -0.2) is 4.79 Å². The lowest BCUT2D eigenvalue weighted by Crippen LogP contribution is -2.48. The van der Waals surface area contributed by atoms with Gasteiger partial charge in [-0.05, 0) is 24.8 Å². The predicted octanol–water partition coefficient (Wildman–Crippen LogP) is 2.27. The van der Waals surface area contributed by atoms with Crippen LogP contribution in [0.5, 0.6) is 0 Å². The second kappa shape index (κ2) is 7.67. The third kappa shape index (κ3) is 4.77. The molecule has 1 fully saturated rings. The van der Waals surface area contributed by atoms with Gasteiger partial charge in [0.15, 0.2) is 0 Å². The summed E-state index contributed by atoms with van der Waals surface area (Å²) < 4.78 is 0. The molecule has 0 spiro atoms. The molecule has 2 rings (SSSR count). The van der Waals surface area contributed by atoms with E-state index in [0.717, 1.165) is 37.7 Å². The average molecular weight is 290 g/mol. The minimum Gasteiger partial charge on any atom is -0.480 e. The number of carbonyl (C=O) groups excluding carboxylic acids is 1. The number of carboxylic acids is 1. The number of aliphatic carboxylic acids is 1. The van der Waals surface area contributed by atoms with Gasteiger partial charge >= 0.3 is 12.0 Å². The average Bonchev–Trinajstić information content (AvgIpc) is 2.99. The van der Waals surface area contributed by atoms with Gasteiger partial charge < -0.3 is 15.3 Å². The molecule has 5 nitrogen and oxygen atoms in total. The molecular formula is C16H22N2O3. The molecular weight excluding hydrogens is 268 g/mol. The largest absolute Gasteiger partial charge is 0.480 e. The fourth-order valence-electron chi connectivity index (χ4n) is 2.79. The summed E-state index contributed by atoms with van der Waals surface area (Å²) >= 11 is 0. The van der Waals surface area contributed by atoms with Crippen LogP contribution in [-0.4, -0.2) is 41.1 Å². The minimum absolute atomic E-state index is 0.0674. The number of carbonyl (C=O) groups is 2. The summed E-state index contributed by atoms with van der Waals surface area (Å²) in [5.41, 5.74) is 1.16.